The van der Waals surface area contributed by atoms with E-state index in [0.717, 1.165) is 30.2 Å². The van der Waals surface area contributed by atoms with Gasteiger partial charge in [0.15, 0.2) is 11.6 Å². The maximum absolute atomic E-state index is 14.9. The number of fused-ring (bicyclic) bond motifs is 1. The smallest absolute Gasteiger partial charge is 0.200 e. The lowest BCUT2D eigenvalue weighted by molar-refractivity contribution is 0.188. The van der Waals surface area contributed by atoms with E-state index >= 15 is 0 Å². The molecule has 1 aliphatic heterocycles. The normalized spacial score (nSPS) is 17.1. The zero-order chi connectivity index (χ0) is 19.0. The first kappa shape index (κ1) is 17.7. The third kappa shape index (κ3) is 2.99. The Morgan fingerprint density at radius 2 is 2.11 bits per heavy atom. The Morgan fingerprint density at radius 3 is 2.89 bits per heavy atom. The molecule has 8 heteroatoms. The predicted molar refractivity (Wildman–Crippen MR) is 95.4 cm³/mol. The molecule has 0 saturated heterocycles. The van der Waals surface area contributed by atoms with Gasteiger partial charge in [-0.05, 0) is 13.0 Å². The molecule has 1 aromatic carbocycles. The Morgan fingerprint density at radius 1 is 1.26 bits per heavy atom. The minimum atomic E-state index is -0.979. The summed E-state index contributed by atoms with van der Waals surface area (Å²) >= 11 is 0. The van der Waals surface area contributed by atoms with Crippen LogP contribution in [0, 0.1) is 11.6 Å². The van der Waals surface area contributed by atoms with Crippen LogP contribution in [0.15, 0.2) is 30.9 Å². The zero-order valence-corrected chi connectivity index (χ0v) is 15.2. The molecule has 0 radical (unpaired) electrons. The van der Waals surface area contributed by atoms with Crippen molar-refractivity contribution in [2.75, 3.05) is 13.7 Å². The number of aryl methyl sites for hydroxylation is 1. The van der Waals surface area contributed by atoms with Crippen molar-refractivity contribution in [3.8, 4) is 5.75 Å². The lowest BCUT2D eigenvalue weighted by Crippen LogP contribution is -2.37. The minimum absolute atomic E-state index is 0.109. The van der Waals surface area contributed by atoms with Crippen molar-refractivity contribution in [1.29, 1.82) is 0 Å². The number of benzene rings is 1. The van der Waals surface area contributed by atoms with Crippen LogP contribution in [0.2, 0.25) is 0 Å². The maximum Gasteiger partial charge on any atom is 0.200 e. The fourth-order valence-corrected chi connectivity index (χ4v) is 3.72. The van der Waals surface area contributed by atoms with Crippen molar-refractivity contribution in [3.05, 3.63) is 65.3 Å². The van der Waals surface area contributed by atoms with Crippen LogP contribution in [-0.2, 0) is 19.5 Å². The van der Waals surface area contributed by atoms with Gasteiger partial charge in [0, 0.05) is 43.2 Å². The van der Waals surface area contributed by atoms with Crippen molar-refractivity contribution < 1.29 is 13.5 Å². The maximum atomic E-state index is 14.9. The summed E-state index contributed by atoms with van der Waals surface area (Å²) in [5.41, 5.74) is 1.92. The quantitative estimate of drug-likeness (QED) is 0.747. The second-order valence-electron chi connectivity index (χ2n) is 6.50. The van der Waals surface area contributed by atoms with E-state index in [0.29, 0.717) is 13.1 Å². The molecule has 27 heavy (non-hydrogen) atoms. The van der Waals surface area contributed by atoms with E-state index in [1.165, 1.54) is 13.2 Å². The van der Waals surface area contributed by atoms with Crippen LogP contribution in [0.5, 0.6) is 5.75 Å². The average Bonchev–Trinajstić information content (AvgIpc) is 3.33. The van der Waals surface area contributed by atoms with E-state index in [1.54, 1.807) is 18.6 Å². The van der Waals surface area contributed by atoms with Crippen LogP contribution in [0.4, 0.5) is 8.78 Å². The summed E-state index contributed by atoms with van der Waals surface area (Å²) in [7, 11) is 1.32. The molecular formula is C19H21F2N5O. The summed E-state index contributed by atoms with van der Waals surface area (Å²) < 4.78 is 36.2. The molecule has 2 aromatic heterocycles. The van der Waals surface area contributed by atoms with E-state index in [1.807, 2.05) is 17.7 Å². The molecule has 1 aliphatic rings. The molecule has 0 bridgehead atoms. The van der Waals surface area contributed by atoms with Crippen molar-refractivity contribution in [3.63, 3.8) is 0 Å². The first-order valence-electron chi connectivity index (χ1n) is 8.92. The summed E-state index contributed by atoms with van der Waals surface area (Å²) in [6.07, 6.45) is 6.04. The molecule has 3 heterocycles. The van der Waals surface area contributed by atoms with Gasteiger partial charge in [-0.1, -0.05) is 6.07 Å². The Labute approximate surface area is 155 Å². The number of rotatable bonds is 5. The number of ether oxygens (including phenoxy) is 1. The number of imidazole rings is 2. The van der Waals surface area contributed by atoms with Crippen LogP contribution < -0.4 is 4.74 Å². The van der Waals surface area contributed by atoms with Gasteiger partial charge < -0.3 is 14.3 Å². The molecule has 0 saturated carbocycles. The van der Waals surface area contributed by atoms with Crippen molar-refractivity contribution in [1.82, 2.24) is 24.4 Å². The van der Waals surface area contributed by atoms with Gasteiger partial charge in [-0.25, -0.2) is 14.4 Å². The predicted octanol–water partition coefficient (Wildman–Crippen LogP) is 3.06. The Bertz CT molecular complexity index is 951. The first-order valence-corrected chi connectivity index (χ1v) is 8.92. The molecular weight excluding hydrogens is 352 g/mol. The summed E-state index contributed by atoms with van der Waals surface area (Å²) in [6, 6.07) is 2.53. The Hall–Kier alpha value is -2.74. The van der Waals surface area contributed by atoms with Gasteiger partial charge in [0.1, 0.15) is 5.82 Å². The average molecular weight is 373 g/mol. The highest BCUT2D eigenvalue weighted by Crippen LogP contribution is 2.37. The monoisotopic (exact) mass is 373 g/mol. The molecule has 4 rings (SSSR count). The van der Waals surface area contributed by atoms with Crippen LogP contribution in [0.25, 0.3) is 0 Å². The number of nitrogens with one attached hydrogen (secondary N) is 1. The second kappa shape index (κ2) is 7.11. The Balaban J connectivity index is 1.77. The highest BCUT2D eigenvalue weighted by atomic mass is 19.2. The number of aromatic amines is 1. The molecule has 0 aliphatic carbocycles. The van der Waals surface area contributed by atoms with Gasteiger partial charge in [-0.15, -0.1) is 0 Å². The number of hydrogen-bond donors (Lipinski definition) is 1. The largest absolute Gasteiger partial charge is 0.494 e. The minimum Gasteiger partial charge on any atom is -0.494 e. The third-order valence-electron chi connectivity index (χ3n) is 5.10. The molecule has 1 N–H and O–H groups in total. The number of aromatic nitrogens is 4. The summed E-state index contributed by atoms with van der Waals surface area (Å²) in [5.74, 6) is -1.11. The van der Waals surface area contributed by atoms with Gasteiger partial charge >= 0.3 is 0 Å². The van der Waals surface area contributed by atoms with E-state index < -0.39 is 17.7 Å². The van der Waals surface area contributed by atoms with Gasteiger partial charge in [-0.2, -0.15) is 4.39 Å². The zero-order valence-electron chi connectivity index (χ0n) is 15.2. The highest BCUT2D eigenvalue weighted by Gasteiger charge is 2.34. The van der Waals surface area contributed by atoms with Crippen LogP contribution in [-0.4, -0.2) is 38.1 Å². The van der Waals surface area contributed by atoms with Gasteiger partial charge in [-0.3, -0.25) is 4.90 Å². The topological polar surface area (TPSA) is 59.0 Å². The molecule has 3 aromatic rings. The lowest BCUT2D eigenvalue weighted by Gasteiger charge is -2.35. The second-order valence-corrected chi connectivity index (χ2v) is 6.50. The molecule has 0 fully saturated rings. The van der Waals surface area contributed by atoms with Gasteiger partial charge in [0.2, 0.25) is 5.82 Å². The third-order valence-corrected chi connectivity index (χ3v) is 5.10. The molecule has 0 amide bonds. The Kier molecular flexibility index (Phi) is 4.65. The van der Waals surface area contributed by atoms with Crippen LogP contribution in [0.1, 0.15) is 35.7 Å². The fraction of sp³-hybridized carbons (Fsp3) is 0.368. The van der Waals surface area contributed by atoms with Crippen LogP contribution in [0.3, 0.4) is 0 Å². The number of hydrogen-bond acceptors (Lipinski definition) is 4. The highest BCUT2D eigenvalue weighted by molar-refractivity contribution is 5.38. The number of methoxy groups -OCH3 is 1. The SMILES string of the molecule is CCn1ccnc1CN1CCc2[nH]cnc2[C@@H]1c1ccc(OC)c(F)c1F. The van der Waals surface area contributed by atoms with E-state index in [9.17, 15) is 8.78 Å². The number of halogens is 2. The number of nitrogens with zero attached hydrogens (tertiary/aromatic N) is 4. The van der Waals surface area contributed by atoms with Crippen molar-refractivity contribution >= 4 is 0 Å². The standard InChI is InChI=1S/C19H21F2N5O/c1-3-25-9-7-22-15(25)10-26-8-6-13-18(24-11-23-13)19(26)12-4-5-14(27-2)17(21)16(12)20/h4-5,7,9,11,19H,3,6,8,10H2,1-2H3,(H,23,24)/t19-/m0/s1. The van der Waals surface area contributed by atoms with Gasteiger partial charge in [0.25, 0.3) is 0 Å². The van der Waals surface area contributed by atoms with Crippen molar-refractivity contribution in [2.45, 2.75) is 32.5 Å². The summed E-state index contributed by atoms with van der Waals surface area (Å²) in [4.78, 5) is 14.0. The van der Waals surface area contributed by atoms with E-state index in [2.05, 4.69) is 19.9 Å². The summed E-state index contributed by atoms with van der Waals surface area (Å²) in [6.45, 7) is 4.05. The molecule has 142 valence electrons. The molecule has 1 atom stereocenters. The fourth-order valence-electron chi connectivity index (χ4n) is 3.72. The van der Waals surface area contributed by atoms with Gasteiger partial charge in [0.05, 0.1) is 31.7 Å². The molecule has 0 unspecified atom stereocenters. The molecule has 0 spiro atoms. The van der Waals surface area contributed by atoms with E-state index in [-0.39, 0.29) is 11.3 Å². The van der Waals surface area contributed by atoms with Crippen LogP contribution >= 0.6 is 0 Å². The summed E-state index contributed by atoms with van der Waals surface area (Å²) in [5, 5.41) is 0. The first-order chi connectivity index (χ1) is 13.1. The van der Waals surface area contributed by atoms with Crippen molar-refractivity contribution in [2.24, 2.45) is 0 Å². The lowest BCUT2D eigenvalue weighted by atomic mass is 9.95. The number of H-pyrrole nitrogens is 1. The molecule has 6 nitrogen and oxygen atoms in total. The van der Waals surface area contributed by atoms with E-state index in [4.69, 9.17) is 4.74 Å².